The van der Waals surface area contributed by atoms with Gasteiger partial charge in [0, 0.05) is 11.7 Å². The van der Waals surface area contributed by atoms with Gasteiger partial charge in [-0.25, -0.2) is 9.18 Å². The lowest BCUT2D eigenvalue weighted by Crippen LogP contribution is -2.47. The molecule has 4 rings (SSSR count). The van der Waals surface area contributed by atoms with E-state index in [1.807, 2.05) is 6.20 Å². The normalized spacial score (nSPS) is 21.1. The number of urea groups is 1. The molecule has 2 aliphatic rings. The maximum atomic E-state index is 13.2. The van der Waals surface area contributed by atoms with Gasteiger partial charge in [-0.3, -0.25) is 5.10 Å². The van der Waals surface area contributed by atoms with Crippen LogP contribution in [0.15, 0.2) is 30.5 Å². The van der Waals surface area contributed by atoms with E-state index in [1.165, 1.54) is 29.8 Å². The second kappa shape index (κ2) is 6.86. The van der Waals surface area contributed by atoms with Crippen molar-refractivity contribution in [3.05, 3.63) is 53.1 Å². The summed E-state index contributed by atoms with van der Waals surface area (Å²) in [6.07, 6.45) is 7.87. The van der Waals surface area contributed by atoms with Crippen LogP contribution in [0.25, 0.3) is 0 Å². The molecule has 1 aromatic carbocycles. The summed E-state index contributed by atoms with van der Waals surface area (Å²) in [6, 6.07) is 6.40. The van der Waals surface area contributed by atoms with E-state index in [-0.39, 0.29) is 23.9 Å². The molecule has 132 valence electrons. The summed E-state index contributed by atoms with van der Waals surface area (Å²) in [7, 11) is 0. The van der Waals surface area contributed by atoms with Crippen molar-refractivity contribution in [2.45, 2.75) is 50.6 Å². The molecule has 1 fully saturated rings. The molecular formula is C19H23FN4O. The van der Waals surface area contributed by atoms with Gasteiger partial charge in [-0.2, -0.15) is 5.10 Å². The number of hydrogen-bond donors (Lipinski definition) is 3. The maximum absolute atomic E-state index is 13.2. The lowest BCUT2D eigenvalue weighted by Gasteiger charge is -2.35. The van der Waals surface area contributed by atoms with Gasteiger partial charge in [-0.1, -0.05) is 18.6 Å². The zero-order valence-corrected chi connectivity index (χ0v) is 14.1. The second-order valence-corrected chi connectivity index (χ2v) is 7.15. The Morgan fingerprint density at radius 3 is 2.76 bits per heavy atom. The quantitative estimate of drug-likeness (QED) is 0.798. The first-order valence-electron chi connectivity index (χ1n) is 9.02. The minimum atomic E-state index is -0.251. The zero-order chi connectivity index (χ0) is 17.2. The molecule has 2 amide bonds. The van der Waals surface area contributed by atoms with Crippen LogP contribution in [0, 0.1) is 11.7 Å². The van der Waals surface area contributed by atoms with E-state index in [0.29, 0.717) is 5.92 Å². The highest BCUT2D eigenvalue weighted by atomic mass is 19.1. The highest BCUT2D eigenvalue weighted by Crippen LogP contribution is 2.37. The first-order chi connectivity index (χ1) is 12.2. The monoisotopic (exact) mass is 342 g/mol. The van der Waals surface area contributed by atoms with Crippen LogP contribution in [-0.2, 0) is 12.8 Å². The van der Waals surface area contributed by atoms with Crippen LogP contribution in [0.5, 0.6) is 0 Å². The molecule has 6 heteroatoms. The number of rotatable bonds is 4. The van der Waals surface area contributed by atoms with Gasteiger partial charge in [0.15, 0.2) is 0 Å². The Labute approximate surface area is 146 Å². The van der Waals surface area contributed by atoms with E-state index in [2.05, 4.69) is 20.8 Å². The molecule has 3 N–H and O–H groups in total. The molecule has 2 atom stereocenters. The van der Waals surface area contributed by atoms with Gasteiger partial charge < -0.3 is 10.6 Å². The average Bonchev–Trinajstić information content (AvgIpc) is 3.01. The van der Waals surface area contributed by atoms with Crippen molar-refractivity contribution in [1.82, 2.24) is 20.8 Å². The first kappa shape index (κ1) is 16.1. The summed E-state index contributed by atoms with van der Waals surface area (Å²) in [6.45, 7) is 0. The Balaban J connectivity index is 1.40. The van der Waals surface area contributed by atoms with Gasteiger partial charge >= 0.3 is 6.03 Å². The smallest absolute Gasteiger partial charge is 0.315 e. The number of fused-ring (bicyclic) bond motifs is 1. The highest BCUT2D eigenvalue weighted by Gasteiger charge is 2.30. The number of nitrogens with zero attached hydrogens (tertiary/aromatic N) is 1. The fraction of sp³-hybridized carbons (Fsp3) is 0.474. The summed E-state index contributed by atoms with van der Waals surface area (Å²) in [5, 5.41) is 13.3. The molecule has 0 aliphatic heterocycles. The Bertz CT molecular complexity index is 738. The number of halogens is 1. The Morgan fingerprint density at radius 1 is 1.24 bits per heavy atom. The van der Waals surface area contributed by atoms with Gasteiger partial charge in [0.05, 0.1) is 12.2 Å². The largest absolute Gasteiger partial charge is 0.335 e. The predicted molar refractivity (Wildman–Crippen MR) is 92.6 cm³/mol. The van der Waals surface area contributed by atoms with Crippen LogP contribution in [-0.4, -0.2) is 22.3 Å². The molecule has 0 saturated heterocycles. The van der Waals surface area contributed by atoms with Gasteiger partial charge in [0.25, 0.3) is 0 Å². The van der Waals surface area contributed by atoms with Crippen LogP contribution in [0.2, 0.25) is 0 Å². The van der Waals surface area contributed by atoms with Crippen molar-refractivity contribution in [3.63, 3.8) is 0 Å². The third-order valence-corrected chi connectivity index (χ3v) is 5.49. The number of hydrogen-bond acceptors (Lipinski definition) is 2. The molecule has 1 aromatic heterocycles. The van der Waals surface area contributed by atoms with Crippen molar-refractivity contribution >= 4 is 6.03 Å². The minimum absolute atomic E-state index is 0.0533. The number of nitrogens with one attached hydrogen (secondary N) is 3. The van der Waals surface area contributed by atoms with Crippen molar-refractivity contribution in [3.8, 4) is 0 Å². The van der Waals surface area contributed by atoms with Crippen LogP contribution < -0.4 is 10.6 Å². The fourth-order valence-electron chi connectivity index (χ4n) is 3.82. The molecule has 2 unspecified atom stereocenters. The molecule has 5 nitrogen and oxygen atoms in total. The van der Waals surface area contributed by atoms with E-state index < -0.39 is 0 Å². The number of H-pyrrole nitrogens is 1. The summed E-state index contributed by atoms with van der Waals surface area (Å²) < 4.78 is 13.2. The number of aromatic nitrogens is 2. The van der Waals surface area contributed by atoms with Crippen molar-refractivity contribution in [2.75, 3.05) is 0 Å². The SMILES string of the molecule is O=C(NC1CCc2[nH]ncc2C1)NC(c1ccc(F)cc1)C1CCC1. The first-order valence-corrected chi connectivity index (χ1v) is 9.02. The molecule has 0 spiro atoms. The summed E-state index contributed by atoms with van der Waals surface area (Å²) >= 11 is 0. The van der Waals surface area contributed by atoms with Crippen molar-refractivity contribution < 1.29 is 9.18 Å². The summed E-state index contributed by atoms with van der Waals surface area (Å²) in [5.74, 6) is 0.182. The third kappa shape index (κ3) is 3.52. The van der Waals surface area contributed by atoms with E-state index in [0.717, 1.165) is 37.7 Å². The van der Waals surface area contributed by atoms with Gasteiger partial charge in [0.2, 0.25) is 0 Å². The second-order valence-electron chi connectivity index (χ2n) is 7.15. The zero-order valence-electron chi connectivity index (χ0n) is 14.1. The van der Waals surface area contributed by atoms with E-state index >= 15 is 0 Å². The standard InChI is InChI=1S/C19H23FN4O/c20-15-6-4-13(5-7-15)18(12-2-1-3-12)23-19(25)22-16-8-9-17-14(10-16)11-21-24-17/h4-7,11-12,16,18H,1-3,8-10H2,(H,21,24)(H2,22,23,25). The molecule has 25 heavy (non-hydrogen) atoms. The van der Waals surface area contributed by atoms with Crippen LogP contribution in [0.1, 0.15) is 48.5 Å². The Kier molecular flexibility index (Phi) is 4.42. The molecule has 0 radical (unpaired) electrons. The number of aryl methyl sites for hydroxylation is 1. The lowest BCUT2D eigenvalue weighted by molar-refractivity contribution is 0.204. The molecule has 0 bridgehead atoms. The lowest BCUT2D eigenvalue weighted by atomic mass is 9.77. The molecule has 1 saturated carbocycles. The molecule has 1 heterocycles. The minimum Gasteiger partial charge on any atom is -0.335 e. The number of benzene rings is 1. The topological polar surface area (TPSA) is 69.8 Å². The summed E-state index contributed by atoms with van der Waals surface area (Å²) in [4.78, 5) is 12.5. The predicted octanol–water partition coefficient (Wildman–Crippen LogP) is 3.25. The van der Waals surface area contributed by atoms with Crippen molar-refractivity contribution in [1.29, 1.82) is 0 Å². The number of amides is 2. The number of aromatic amines is 1. The van der Waals surface area contributed by atoms with Gasteiger partial charge in [0.1, 0.15) is 5.82 Å². The Morgan fingerprint density at radius 2 is 2.04 bits per heavy atom. The van der Waals surface area contributed by atoms with Crippen molar-refractivity contribution in [2.24, 2.45) is 5.92 Å². The third-order valence-electron chi connectivity index (χ3n) is 5.49. The number of carbonyl (C=O) groups excluding carboxylic acids is 1. The molecule has 2 aliphatic carbocycles. The van der Waals surface area contributed by atoms with E-state index in [9.17, 15) is 9.18 Å². The number of carbonyl (C=O) groups is 1. The Hall–Kier alpha value is -2.37. The van der Waals surface area contributed by atoms with Gasteiger partial charge in [-0.05, 0) is 61.3 Å². The van der Waals surface area contributed by atoms with Crippen LogP contribution >= 0.6 is 0 Å². The highest BCUT2D eigenvalue weighted by molar-refractivity contribution is 5.75. The van der Waals surface area contributed by atoms with E-state index in [1.54, 1.807) is 12.1 Å². The van der Waals surface area contributed by atoms with Crippen LogP contribution in [0.3, 0.4) is 0 Å². The fourth-order valence-corrected chi connectivity index (χ4v) is 3.82. The molecule has 2 aromatic rings. The average molecular weight is 342 g/mol. The van der Waals surface area contributed by atoms with Crippen LogP contribution in [0.4, 0.5) is 9.18 Å². The van der Waals surface area contributed by atoms with E-state index in [4.69, 9.17) is 0 Å². The van der Waals surface area contributed by atoms with Gasteiger partial charge in [-0.15, -0.1) is 0 Å². The maximum Gasteiger partial charge on any atom is 0.315 e. The molecular weight excluding hydrogens is 319 g/mol. The summed E-state index contributed by atoms with van der Waals surface area (Å²) in [5.41, 5.74) is 3.34.